The van der Waals surface area contributed by atoms with Crippen LogP contribution in [0.5, 0.6) is 0 Å². The molecular weight excluding hydrogens is 265 g/mol. The van der Waals surface area contributed by atoms with E-state index in [9.17, 15) is 4.57 Å². The van der Waals surface area contributed by atoms with Gasteiger partial charge in [-0.2, -0.15) is 0 Å². The van der Waals surface area contributed by atoms with Crippen molar-refractivity contribution in [2.24, 2.45) is 5.73 Å². The van der Waals surface area contributed by atoms with E-state index < -0.39 is 13.4 Å². The standard InChI is InChI=1S/C13H22NO4P/c1-3-17-19(15,18-4-2)13(14)11-16-10-12-8-6-5-7-9-12/h5-9,13H,3-4,10-11,14H2,1-2H3. The van der Waals surface area contributed by atoms with Crippen molar-refractivity contribution in [3.8, 4) is 0 Å². The van der Waals surface area contributed by atoms with Crippen LogP contribution in [-0.2, 0) is 25.0 Å². The lowest BCUT2D eigenvalue weighted by Gasteiger charge is -2.22. The number of rotatable bonds is 9. The van der Waals surface area contributed by atoms with Gasteiger partial charge in [0.05, 0.1) is 26.4 Å². The number of hydrogen-bond donors (Lipinski definition) is 1. The van der Waals surface area contributed by atoms with Crippen molar-refractivity contribution in [3.63, 3.8) is 0 Å². The van der Waals surface area contributed by atoms with Gasteiger partial charge in [-0.1, -0.05) is 30.3 Å². The zero-order valence-electron chi connectivity index (χ0n) is 11.5. The van der Waals surface area contributed by atoms with Gasteiger partial charge in [0.15, 0.2) is 0 Å². The zero-order chi connectivity index (χ0) is 14.1. The van der Waals surface area contributed by atoms with Gasteiger partial charge >= 0.3 is 7.60 Å². The molecule has 1 rings (SSSR count). The zero-order valence-corrected chi connectivity index (χ0v) is 12.3. The number of nitrogens with two attached hydrogens (primary N) is 1. The monoisotopic (exact) mass is 287 g/mol. The minimum Gasteiger partial charge on any atom is -0.374 e. The highest BCUT2D eigenvalue weighted by atomic mass is 31.2. The predicted octanol–water partition coefficient (Wildman–Crippen LogP) is 2.75. The smallest absolute Gasteiger partial charge is 0.349 e. The first-order valence-corrected chi connectivity index (χ1v) is 7.99. The molecule has 0 saturated heterocycles. The van der Waals surface area contributed by atoms with Crippen molar-refractivity contribution in [2.75, 3.05) is 19.8 Å². The van der Waals surface area contributed by atoms with Crippen LogP contribution in [0.2, 0.25) is 0 Å². The van der Waals surface area contributed by atoms with Gasteiger partial charge < -0.3 is 19.5 Å². The van der Waals surface area contributed by atoms with E-state index in [2.05, 4.69) is 0 Å². The first kappa shape index (κ1) is 16.3. The third-order valence-corrected chi connectivity index (χ3v) is 4.62. The molecule has 0 saturated carbocycles. The Labute approximate surface area is 114 Å². The van der Waals surface area contributed by atoms with Gasteiger partial charge in [-0.3, -0.25) is 4.57 Å². The first-order valence-electron chi connectivity index (χ1n) is 6.38. The Hall–Kier alpha value is -0.710. The molecule has 0 amide bonds. The van der Waals surface area contributed by atoms with E-state index in [1.165, 1.54) is 0 Å². The minimum absolute atomic E-state index is 0.131. The fourth-order valence-corrected chi connectivity index (χ4v) is 3.02. The van der Waals surface area contributed by atoms with Crippen molar-refractivity contribution < 1.29 is 18.3 Å². The highest BCUT2D eigenvalue weighted by Crippen LogP contribution is 2.50. The molecule has 0 heterocycles. The Balaban J connectivity index is 2.44. The van der Waals surface area contributed by atoms with Gasteiger partial charge in [0.1, 0.15) is 5.78 Å². The fourth-order valence-electron chi connectivity index (χ4n) is 1.55. The third-order valence-electron chi connectivity index (χ3n) is 2.42. The number of benzene rings is 1. The molecule has 0 spiro atoms. The maximum atomic E-state index is 12.3. The second-order valence-electron chi connectivity index (χ2n) is 3.94. The quantitative estimate of drug-likeness (QED) is 0.707. The molecule has 108 valence electrons. The van der Waals surface area contributed by atoms with Crippen LogP contribution in [0.3, 0.4) is 0 Å². The Morgan fingerprint density at radius 2 is 1.74 bits per heavy atom. The van der Waals surface area contributed by atoms with Crippen molar-refractivity contribution in [3.05, 3.63) is 35.9 Å². The van der Waals surface area contributed by atoms with E-state index in [0.717, 1.165) is 5.56 Å². The Bertz CT molecular complexity index is 389. The van der Waals surface area contributed by atoms with E-state index in [1.807, 2.05) is 30.3 Å². The lowest BCUT2D eigenvalue weighted by atomic mass is 10.2. The molecular formula is C13H22NO4P. The summed E-state index contributed by atoms with van der Waals surface area (Å²) in [4.78, 5) is 0. The van der Waals surface area contributed by atoms with Gasteiger partial charge in [-0.25, -0.2) is 0 Å². The van der Waals surface area contributed by atoms with Gasteiger partial charge in [0.2, 0.25) is 0 Å². The molecule has 1 atom stereocenters. The van der Waals surface area contributed by atoms with E-state index in [4.69, 9.17) is 19.5 Å². The summed E-state index contributed by atoms with van der Waals surface area (Å²) in [5, 5.41) is 0. The topological polar surface area (TPSA) is 70.8 Å². The highest BCUT2D eigenvalue weighted by molar-refractivity contribution is 7.54. The second kappa shape index (κ2) is 8.46. The normalized spacial score (nSPS) is 13.4. The summed E-state index contributed by atoms with van der Waals surface area (Å²) in [6.07, 6.45) is 0. The van der Waals surface area contributed by atoms with Crippen molar-refractivity contribution in [2.45, 2.75) is 26.2 Å². The molecule has 0 radical (unpaired) electrons. The van der Waals surface area contributed by atoms with Gasteiger partial charge in [0, 0.05) is 0 Å². The molecule has 1 aromatic rings. The molecule has 0 bridgehead atoms. The van der Waals surface area contributed by atoms with Gasteiger partial charge in [0.25, 0.3) is 0 Å². The summed E-state index contributed by atoms with van der Waals surface area (Å²) in [7, 11) is -3.28. The van der Waals surface area contributed by atoms with Crippen molar-refractivity contribution >= 4 is 7.60 Å². The van der Waals surface area contributed by atoms with Crippen LogP contribution in [0.15, 0.2) is 30.3 Å². The predicted molar refractivity (Wildman–Crippen MR) is 74.9 cm³/mol. The molecule has 2 N–H and O–H groups in total. The van der Waals surface area contributed by atoms with E-state index in [0.29, 0.717) is 19.8 Å². The fraction of sp³-hybridized carbons (Fsp3) is 0.538. The van der Waals surface area contributed by atoms with Crippen LogP contribution in [0, 0.1) is 0 Å². The average Bonchev–Trinajstić information content (AvgIpc) is 2.40. The largest absolute Gasteiger partial charge is 0.374 e. The maximum Gasteiger partial charge on any atom is 0.349 e. The summed E-state index contributed by atoms with van der Waals surface area (Å²) in [6.45, 7) is 4.65. The van der Waals surface area contributed by atoms with Gasteiger partial charge in [-0.15, -0.1) is 0 Å². The highest BCUT2D eigenvalue weighted by Gasteiger charge is 2.32. The Morgan fingerprint density at radius 3 is 2.26 bits per heavy atom. The summed E-state index contributed by atoms with van der Waals surface area (Å²) in [5.41, 5.74) is 6.89. The van der Waals surface area contributed by atoms with E-state index in [1.54, 1.807) is 13.8 Å². The average molecular weight is 287 g/mol. The molecule has 0 aliphatic rings. The van der Waals surface area contributed by atoms with Crippen LogP contribution in [0.4, 0.5) is 0 Å². The molecule has 19 heavy (non-hydrogen) atoms. The SMILES string of the molecule is CCOP(=O)(OCC)C(N)COCc1ccccc1. The molecule has 5 nitrogen and oxygen atoms in total. The molecule has 0 aliphatic heterocycles. The van der Waals surface area contributed by atoms with E-state index in [-0.39, 0.29) is 6.61 Å². The minimum atomic E-state index is -3.28. The van der Waals surface area contributed by atoms with Crippen molar-refractivity contribution in [1.29, 1.82) is 0 Å². The van der Waals surface area contributed by atoms with Crippen molar-refractivity contribution in [1.82, 2.24) is 0 Å². The van der Waals surface area contributed by atoms with Gasteiger partial charge in [-0.05, 0) is 19.4 Å². The summed E-state index contributed by atoms with van der Waals surface area (Å²) in [5.74, 6) is -0.767. The molecule has 6 heteroatoms. The van der Waals surface area contributed by atoms with E-state index >= 15 is 0 Å². The van der Waals surface area contributed by atoms with Crippen LogP contribution in [-0.4, -0.2) is 25.6 Å². The summed E-state index contributed by atoms with van der Waals surface area (Å²) < 4.78 is 28.1. The first-order chi connectivity index (χ1) is 9.12. The van der Waals surface area contributed by atoms with Crippen LogP contribution in [0.25, 0.3) is 0 Å². The Kier molecular flexibility index (Phi) is 7.28. The van der Waals surface area contributed by atoms with Crippen LogP contribution >= 0.6 is 7.60 Å². The Morgan fingerprint density at radius 1 is 1.16 bits per heavy atom. The second-order valence-corrected chi connectivity index (χ2v) is 6.20. The molecule has 1 unspecified atom stereocenters. The lowest BCUT2D eigenvalue weighted by molar-refractivity contribution is 0.109. The lowest BCUT2D eigenvalue weighted by Crippen LogP contribution is -2.28. The number of hydrogen-bond acceptors (Lipinski definition) is 5. The number of ether oxygens (including phenoxy) is 1. The third kappa shape index (κ3) is 5.43. The van der Waals surface area contributed by atoms with Crippen LogP contribution in [0.1, 0.15) is 19.4 Å². The molecule has 0 aromatic heterocycles. The molecule has 0 fully saturated rings. The van der Waals surface area contributed by atoms with Crippen LogP contribution < -0.4 is 5.73 Å². The molecule has 1 aromatic carbocycles. The summed E-state index contributed by atoms with van der Waals surface area (Å²) >= 11 is 0. The molecule has 0 aliphatic carbocycles. The summed E-state index contributed by atoms with van der Waals surface area (Å²) in [6, 6.07) is 9.72. The maximum absolute atomic E-state index is 12.3.